The molecule has 0 aromatic heterocycles. The van der Waals surface area contributed by atoms with Crippen molar-refractivity contribution in [3.05, 3.63) is 35.4 Å². The molecule has 0 spiro atoms. The molecule has 1 saturated heterocycles. The summed E-state index contributed by atoms with van der Waals surface area (Å²) in [5.74, 6) is -1.13. The van der Waals surface area contributed by atoms with Gasteiger partial charge in [0, 0.05) is 45.2 Å². The second kappa shape index (κ2) is 10.1. The molecule has 1 heterocycles. The van der Waals surface area contributed by atoms with Crippen LogP contribution in [0.25, 0.3) is 0 Å². The van der Waals surface area contributed by atoms with Gasteiger partial charge in [0.05, 0.1) is 0 Å². The van der Waals surface area contributed by atoms with Crippen LogP contribution in [-0.4, -0.2) is 65.4 Å². The van der Waals surface area contributed by atoms with E-state index in [0.717, 1.165) is 19.3 Å². The van der Waals surface area contributed by atoms with Crippen LogP contribution in [0.1, 0.15) is 55.1 Å². The minimum Gasteiger partial charge on any atom is -0.480 e. The molecule has 1 atom stereocenters. The van der Waals surface area contributed by atoms with Crippen molar-refractivity contribution in [2.45, 2.75) is 39.2 Å². The Kier molecular flexibility index (Phi) is 7.79. The van der Waals surface area contributed by atoms with Crippen LogP contribution in [0.5, 0.6) is 0 Å². The lowest BCUT2D eigenvalue weighted by molar-refractivity contribution is -0.143. The molecule has 2 amide bonds. The minimum atomic E-state index is -0.949. The standard InChI is InChI=1S/C20H29N3O4/c1-3-4-9-21-19(25)17-8-5-7-16(14-17)18(20(26)27)23-11-6-10-22(12-13-23)15(2)24/h5,7-8,14,18H,3-4,6,9-13H2,1-2H3,(H,21,25)(H,26,27)/t18-/m1/s1. The third kappa shape index (κ3) is 5.79. The first-order valence-corrected chi connectivity index (χ1v) is 9.54. The van der Waals surface area contributed by atoms with Crippen molar-refractivity contribution in [1.29, 1.82) is 0 Å². The fourth-order valence-electron chi connectivity index (χ4n) is 3.35. The summed E-state index contributed by atoms with van der Waals surface area (Å²) in [5.41, 5.74) is 1.05. The van der Waals surface area contributed by atoms with Crippen LogP contribution in [0, 0.1) is 0 Å². The highest BCUT2D eigenvalue weighted by atomic mass is 16.4. The molecule has 0 unspecified atom stereocenters. The van der Waals surface area contributed by atoms with E-state index >= 15 is 0 Å². The average Bonchev–Trinajstić information content (AvgIpc) is 2.88. The number of aliphatic carboxylic acids is 1. The van der Waals surface area contributed by atoms with Crippen molar-refractivity contribution in [2.75, 3.05) is 32.7 Å². The molecule has 0 aliphatic carbocycles. The highest BCUT2D eigenvalue weighted by Gasteiger charge is 2.30. The number of unbranched alkanes of at least 4 members (excludes halogenated alkanes) is 1. The van der Waals surface area contributed by atoms with Crippen LogP contribution in [0.15, 0.2) is 24.3 Å². The van der Waals surface area contributed by atoms with Gasteiger partial charge in [-0.15, -0.1) is 0 Å². The molecule has 2 N–H and O–H groups in total. The maximum Gasteiger partial charge on any atom is 0.325 e. The molecule has 1 aliphatic rings. The molecule has 0 saturated carbocycles. The minimum absolute atomic E-state index is 0.00877. The molecule has 1 aliphatic heterocycles. The summed E-state index contributed by atoms with van der Waals surface area (Å²) in [6, 6.07) is 5.99. The number of nitrogens with one attached hydrogen (secondary N) is 1. The number of carbonyl (C=O) groups is 3. The maximum absolute atomic E-state index is 12.3. The Bertz CT molecular complexity index is 677. The van der Waals surface area contributed by atoms with Gasteiger partial charge in [0.1, 0.15) is 6.04 Å². The lowest BCUT2D eigenvalue weighted by atomic mass is 10.0. The lowest BCUT2D eigenvalue weighted by Gasteiger charge is -2.28. The van der Waals surface area contributed by atoms with Gasteiger partial charge in [0.2, 0.25) is 5.91 Å². The normalized spacial score (nSPS) is 16.4. The van der Waals surface area contributed by atoms with Crippen LogP contribution in [0.2, 0.25) is 0 Å². The smallest absolute Gasteiger partial charge is 0.325 e. The van der Waals surface area contributed by atoms with Crippen LogP contribution >= 0.6 is 0 Å². The van der Waals surface area contributed by atoms with E-state index in [-0.39, 0.29) is 11.8 Å². The molecular formula is C20H29N3O4. The number of carboxylic acid groups (broad SMARTS) is 1. The van der Waals surface area contributed by atoms with E-state index in [1.54, 1.807) is 29.2 Å². The number of nitrogens with zero attached hydrogens (tertiary/aromatic N) is 2. The van der Waals surface area contributed by atoms with Crippen LogP contribution in [-0.2, 0) is 9.59 Å². The Hall–Kier alpha value is -2.41. The Morgan fingerprint density at radius 1 is 1.19 bits per heavy atom. The van der Waals surface area contributed by atoms with Gasteiger partial charge in [-0.2, -0.15) is 0 Å². The van der Waals surface area contributed by atoms with Crippen molar-refractivity contribution in [3.8, 4) is 0 Å². The van der Waals surface area contributed by atoms with Crippen LogP contribution in [0.4, 0.5) is 0 Å². The van der Waals surface area contributed by atoms with Gasteiger partial charge in [-0.1, -0.05) is 25.5 Å². The SMILES string of the molecule is CCCCNC(=O)c1cccc([C@H](C(=O)O)N2CCCN(C(C)=O)CC2)c1. The quantitative estimate of drug-likeness (QED) is 0.711. The third-order valence-electron chi connectivity index (χ3n) is 4.86. The van der Waals surface area contributed by atoms with Gasteiger partial charge in [-0.25, -0.2) is 0 Å². The zero-order valence-electron chi connectivity index (χ0n) is 16.1. The number of carboxylic acids is 1. The summed E-state index contributed by atoms with van der Waals surface area (Å²) in [6.07, 6.45) is 2.62. The van der Waals surface area contributed by atoms with Crippen molar-refractivity contribution in [2.24, 2.45) is 0 Å². The number of amides is 2. The summed E-state index contributed by atoms with van der Waals surface area (Å²) in [7, 11) is 0. The zero-order valence-corrected chi connectivity index (χ0v) is 16.1. The van der Waals surface area contributed by atoms with Crippen LogP contribution in [0.3, 0.4) is 0 Å². The molecule has 7 nitrogen and oxygen atoms in total. The summed E-state index contributed by atoms with van der Waals surface area (Å²) < 4.78 is 0. The fourth-order valence-corrected chi connectivity index (χ4v) is 3.35. The second-order valence-corrected chi connectivity index (χ2v) is 6.87. The average molecular weight is 375 g/mol. The molecule has 7 heteroatoms. The van der Waals surface area contributed by atoms with E-state index in [2.05, 4.69) is 12.2 Å². The molecule has 0 bridgehead atoms. The molecule has 1 aromatic rings. The predicted molar refractivity (Wildman–Crippen MR) is 103 cm³/mol. The van der Waals surface area contributed by atoms with Crippen molar-refractivity contribution in [3.63, 3.8) is 0 Å². The van der Waals surface area contributed by atoms with E-state index in [1.807, 2.05) is 4.90 Å². The number of hydrogen-bond donors (Lipinski definition) is 2. The first-order chi connectivity index (χ1) is 12.9. The summed E-state index contributed by atoms with van der Waals surface area (Å²) in [6.45, 7) is 6.42. The molecule has 1 aromatic carbocycles. The lowest BCUT2D eigenvalue weighted by Crippen LogP contribution is -2.38. The Morgan fingerprint density at radius 3 is 2.63 bits per heavy atom. The molecule has 148 valence electrons. The Labute approximate surface area is 160 Å². The van der Waals surface area contributed by atoms with Gasteiger partial charge in [0.15, 0.2) is 0 Å². The largest absolute Gasteiger partial charge is 0.480 e. The monoisotopic (exact) mass is 375 g/mol. The van der Waals surface area contributed by atoms with Gasteiger partial charge < -0.3 is 15.3 Å². The van der Waals surface area contributed by atoms with Gasteiger partial charge in [0.25, 0.3) is 5.91 Å². The van der Waals surface area contributed by atoms with E-state index < -0.39 is 12.0 Å². The molecule has 27 heavy (non-hydrogen) atoms. The predicted octanol–water partition coefficient (Wildman–Crippen LogP) is 1.90. The molecule has 1 fully saturated rings. The second-order valence-electron chi connectivity index (χ2n) is 6.87. The molecular weight excluding hydrogens is 346 g/mol. The number of rotatable bonds is 7. The number of carbonyl (C=O) groups excluding carboxylic acids is 2. The van der Waals surface area contributed by atoms with E-state index in [4.69, 9.17) is 0 Å². The van der Waals surface area contributed by atoms with Crippen molar-refractivity contribution >= 4 is 17.8 Å². The Balaban J connectivity index is 2.16. The maximum atomic E-state index is 12.3. The fraction of sp³-hybridized carbons (Fsp3) is 0.550. The summed E-state index contributed by atoms with van der Waals surface area (Å²) in [4.78, 5) is 39.5. The molecule has 0 radical (unpaired) electrons. The zero-order chi connectivity index (χ0) is 19.8. The first-order valence-electron chi connectivity index (χ1n) is 9.54. The topological polar surface area (TPSA) is 89.9 Å². The van der Waals surface area contributed by atoms with E-state index in [1.165, 1.54) is 6.92 Å². The molecule has 2 rings (SSSR count). The van der Waals surface area contributed by atoms with Crippen molar-refractivity contribution < 1.29 is 19.5 Å². The van der Waals surface area contributed by atoms with Crippen molar-refractivity contribution in [1.82, 2.24) is 15.1 Å². The van der Waals surface area contributed by atoms with Gasteiger partial charge >= 0.3 is 5.97 Å². The number of hydrogen-bond acceptors (Lipinski definition) is 4. The van der Waals surface area contributed by atoms with Crippen LogP contribution < -0.4 is 5.32 Å². The van der Waals surface area contributed by atoms with Gasteiger partial charge in [-0.3, -0.25) is 19.3 Å². The summed E-state index contributed by atoms with van der Waals surface area (Å²) >= 11 is 0. The van der Waals surface area contributed by atoms with E-state index in [9.17, 15) is 19.5 Å². The van der Waals surface area contributed by atoms with E-state index in [0.29, 0.717) is 43.9 Å². The third-order valence-corrected chi connectivity index (χ3v) is 4.86. The highest BCUT2D eigenvalue weighted by Crippen LogP contribution is 2.24. The first kappa shape index (κ1) is 20.9. The highest BCUT2D eigenvalue weighted by molar-refractivity contribution is 5.94. The summed E-state index contributed by atoms with van der Waals surface area (Å²) in [5, 5.41) is 12.7. The Morgan fingerprint density at radius 2 is 1.96 bits per heavy atom. The van der Waals surface area contributed by atoms with Gasteiger partial charge in [-0.05, 0) is 30.5 Å². The number of benzene rings is 1.